The molecule has 1 amide bonds. The number of carbonyl (C=O) groups is 1. The Kier molecular flexibility index (Phi) is 8.37. The van der Waals surface area contributed by atoms with Crippen molar-refractivity contribution >= 4 is 29.3 Å². The van der Waals surface area contributed by atoms with E-state index in [1.165, 1.54) is 49.7 Å². The normalized spacial score (nSPS) is 11.0. The molecule has 0 bridgehead atoms. The Morgan fingerprint density at radius 3 is 2.62 bits per heavy atom. The molecule has 0 fully saturated rings. The Morgan fingerprint density at radius 1 is 1.11 bits per heavy atom. The molecule has 3 N–H and O–H groups in total. The summed E-state index contributed by atoms with van der Waals surface area (Å²) >= 11 is 0. The van der Waals surface area contributed by atoms with Crippen molar-refractivity contribution in [1.29, 1.82) is 0 Å². The lowest BCUT2D eigenvalue weighted by Crippen LogP contribution is -2.19. The fourth-order valence-corrected chi connectivity index (χ4v) is 4.24. The van der Waals surface area contributed by atoms with Gasteiger partial charge in [0.25, 0.3) is 17.3 Å². The van der Waals surface area contributed by atoms with E-state index in [1.54, 1.807) is 31.2 Å². The van der Waals surface area contributed by atoms with E-state index in [-0.39, 0.29) is 46.6 Å². The molecule has 0 saturated carbocycles. The van der Waals surface area contributed by atoms with Crippen LogP contribution in [0.4, 0.5) is 17.2 Å². The number of nitrogen functional groups attached to an aromatic ring is 1. The van der Waals surface area contributed by atoms with Crippen LogP contribution in [0.25, 0.3) is 17.1 Å². The average Bonchev–Trinajstić information content (AvgIpc) is 3.66. The van der Waals surface area contributed by atoms with Gasteiger partial charge in [-0.1, -0.05) is 17.3 Å². The minimum atomic E-state index is -0.792. The number of nitrogens with one attached hydrogen (secondary N) is 1. The van der Waals surface area contributed by atoms with Gasteiger partial charge in [-0.15, -0.1) is 5.10 Å². The standard InChI is InChI=1S/C27H22N10O8/c1-15-10-20(7-8-21(15)37(41)42)44-14-18-11-16(6-9-22(18)43-2)13-29-31-27(38)23-24(17-4-3-5-19(12-17)36(39)40)35(34-30-23)26-25(28)32-45-33-26/h3-13H,14H2,1-2H3,(H2,28,32)(H,31,38). The molecule has 18 heteroatoms. The fraction of sp³-hybridized carbons (Fsp3) is 0.111. The van der Waals surface area contributed by atoms with Crippen molar-refractivity contribution in [3.63, 3.8) is 0 Å². The van der Waals surface area contributed by atoms with Gasteiger partial charge in [0, 0.05) is 34.9 Å². The van der Waals surface area contributed by atoms with Crippen molar-refractivity contribution < 1.29 is 28.7 Å². The smallest absolute Gasteiger partial charge is 0.294 e. The van der Waals surface area contributed by atoms with E-state index in [2.05, 4.69) is 35.8 Å². The van der Waals surface area contributed by atoms with Crippen LogP contribution in [0.3, 0.4) is 0 Å². The molecule has 2 aromatic heterocycles. The van der Waals surface area contributed by atoms with Crippen molar-refractivity contribution in [3.8, 4) is 28.6 Å². The van der Waals surface area contributed by atoms with Crippen molar-refractivity contribution in [3.05, 3.63) is 103 Å². The summed E-state index contributed by atoms with van der Waals surface area (Å²) in [6, 6.07) is 15.0. The molecule has 3 aromatic carbocycles. The van der Waals surface area contributed by atoms with E-state index in [0.29, 0.717) is 28.2 Å². The zero-order chi connectivity index (χ0) is 32.1. The molecule has 228 valence electrons. The molecule has 45 heavy (non-hydrogen) atoms. The number of amides is 1. The van der Waals surface area contributed by atoms with Crippen LogP contribution < -0.4 is 20.6 Å². The summed E-state index contributed by atoms with van der Waals surface area (Å²) in [5.74, 6) is -0.0699. The lowest BCUT2D eigenvalue weighted by atomic mass is 10.1. The highest BCUT2D eigenvalue weighted by atomic mass is 16.6. The molecule has 0 aliphatic heterocycles. The summed E-state index contributed by atoms with van der Waals surface area (Å²) in [4.78, 5) is 34.6. The van der Waals surface area contributed by atoms with Crippen molar-refractivity contribution in [1.82, 2.24) is 30.7 Å². The van der Waals surface area contributed by atoms with Crippen LogP contribution in [0.15, 0.2) is 70.4 Å². The molecule has 2 heterocycles. The Labute approximate surface area is 252 Å². The van der Waals surface area contributed by atoms with Gasteiger partial charge in [0.15, 0.2) is 5.69 Å². The third-order valence-electron chi connectivity index (χ3n) is 6.36. The number of non-ortho nitro benzene ring substituents is 1. The van der Waals surface area contributed by atoms with Gasteiger partial charge in [0.1, 0.15) is 23.8 Å². The Morgan fingerprint density at radius 2 is 1.93 bits per heavy atom. The maximum Gasteiger partial charge on any atom is 0.294 e. The summed E-state index contributed by atoms with van der Waals surface area (Å²) in [6.45, 7) is 1.69. The number of aryl methyl sites for hydroxylation is 1. The number of hydrogen-bond donors (Lipinski definition) is 2. The number of hydrazone groups is 1. The first-order valence-electron chi connectivity index (χ1n) is 12.8. The van der Waals surface area contributed by atoms with E-state index in [1.807, 2.05) is 0 Å². The summed E-state index contributed by atoms with van der Waals surface area (Å²) < 4.78 is 16.9. The van der Waals surface area contributed by atoms with E-state index in [4.69, 9.17) is 15.2 Å². The maximum atomic E-state index is 13.2. The topological polar surface area (TPSA) is 242 Å². The number of carbonyl (C=O) groups excluding carboxylic acids is 1. The second kappa shape index (κ2) is 12.7. The van der Waals surface area contributed by atoms with Gasteiger partial charge in [-0.05, 0) is 53.1 Å². The third-order valence-corrected chi connectivity index (χ3v) is 6.36. The minimum Gasteiger partial charge on any atom is -0.496 e. The molecule has 0 saturated heterocycles. The van der Waals surface area contributed by atoms with Gasteiger partial charge in [-0.25, -0.2) is 10.1 Å². The van der Waals surface area contributed by atoms with Gasteiger partial charge in [-0.3, -0.25) is 25.0 Å². The SMILES string of the molecule is COc1ccc(C=NNC(=O)c2nnn(-c3nonc3N)c2-c2cccc([N+](=O)[O-])c2)cc1COc1ccc([N+](=O)[O-])c(C)c1. The molecule has 0 aliphatic rings. The van der Waals surface area contributed by atoms with Gasteiger partial charge in [-0.2, -0.15) is 9.78 Å². The molecule has 18 nitrogen and oxygen atoms in total. The van der Waals surface area contributed by atoms with E-state index >= 15 is 0 Å². The van der Waals surface area contributed by atoms with Crippen molar-refractivity contribution in [2.75, 3.05) is 12.8 Å². The molecule has 0 atom stereocenters. The maximum absolute atomic E-state index is 13.2. The summed E-state index contributed by atoms with van der Waals surface area (Å²) in [6.07, 6.45) is 1.37. The zero-order valence-corrected chi connectivity index (χ0v) is 23.5. The molecule has 0 spiro atoms. The predicted octanol–water partition coefficient (Wildman–Crippen LogP) is 3.38. The fourth-order valence-electron chi connectivity index (χ4n) is 4.24. The monoisotopic (exact) mass is 614 g/mol. The van der Waals surface area contributed by atoms with Crippen LogP contribution in [0.2, 0.25) is 0 Å². The highest BCUT2D eigenvalue weighted by Gasteiger charge is 2.26. The van der Waals surface area contributed by atoms with Gasteiger partial charge in [0.2, 0.25) is 11.6 Å². The average molecular weight is 615 g/mol. The van der Waals surface area contributed by atoms with Crippen LogP contribution in [0.1, 0.15) is 27.2 Å². The van der Waals surface area contributed by atoms with Crippen LogP contribution in [0, 0.1) is 27.2 Å². The number of anilines is 1. The molecule has 5 aromatic rings. The first-order valence-corrected chi connectivity index (χ1v) is 12.8. The number of nitrogens with two attached hydrogens (primary N) is 1. The Hall–Kier alpha value is -6.72. The van der Waals surface area contributed by atoms with Crippen molar-refractivity contribution in [2.24, 2.45) is 5.10 Å². The predicted molar refractivity (Wildman–Crippen MR) is 156 cm³/mol. The van der Waals surface area contributed by atoms with Gasteiger partial charge in [0.05, 0.1) is 23.2 Å². The lowest BCUT2D eigenvalue weighted by Gasteiger charge is -2.11. The number of nitrogens with zero attached hydrogens (tertiary/aromatic N) is 8. The number of ether oxygens (including phenoxy) is 2. The molecular formula is C27H22N10O8. The quantitative estimate of drug-likeness (QED) is 0.123. The van der Waals surface area contributed by atoms with Gasteiger partial charge < -0.3 is 15.2 Å². The molecule has 5 rings (SSSR count). The van der Waals surface area contributed by atoms with Crippen LogP contribution in [-0.4, -0.2) is 54.4 Å². The lowest BCUT2D eigenvalue weighted by molar-refractivity contribution is -0.385. The first kappa shape index (κ1) is 29.8. The minimum absolute atomic E-state index is 0.0146. The summed E-state index contributed by atoms with van der Waals surface area (Å²) in [5, 5.41) is 41.5. The van der Waals surface area contributed by atoms with Crippen LogP contribution >= 0.6 is 0 Å². The number of nitro benzene ring substituents is 2. The highest BCUT2D eigenvalue weighted by molar-refractivity contribution is 5.99. The zero-order valence-electron chi connectivity index (χ0n) is 23.5. The largest absolute Gasteiger partial charge is 0.496 e. The van der Waals surface area contributed by atoms with Crippen LogP contribution in [0.5, 0.6) is 11.5 Å². The van der Waals surface area contributed by atoms with Gasteiger partial charge >= 0.3 is 0 Å². The number of benzene rings is 3. The van der Waals surface area contributed by atoms with E-state index in [9.17, 15) is 25.0 Å². The summed E-state index contributed by atoms with van der Waals surface area (Å²) in [7, 11) is 1.50. The number of aromatic nitrogens is 5. The molecule has 0 unspecified atom stereocenters. The second-order valence-electron chi connectivity index (χ2n) is 9.24. The third kappa shape index (κ3) is 6.38. The number of rotatable bonds is 11. The van der Waals surface area contributed by atoms with Crippen molar-refractivity contribution in [2.45, 2.75) is 13.5 Å². The molecule has 0 aliphatic carbocycles. The number of hydrogen-bond acceptors (Lipinski definition) is 14. The van der Waals surface area contributed by atoms with E-state index < -0.39 is 15.8 Å². The first-order chi connectivity index (χ1) is 21.7. The summed E-state index contributed by atoms with van der Waals surface area (Å²) in [5.41, 5.74) is 9.59. The number of nitro groups is 2. The highest BCUT2D eigenvalue weighted by Crippen LogP contribution is 2.29. The molecular weight excluding hydrogens is 592 g/mol. The molecule has 0 radical (unpaired) electrons. The Bertz CT molecular complexity index is 1950. The second-order valence-corrected chi connectivity index (χ2v) is 9.24. The number of methoxy groups -OCH3 is 1. The Balaban J connectivity index is 1.36. The van der Waals surface area contributed by atoms with E-state index in [0.717, 1.165) is 4.68 Å². The van der Waals surface area contributed by atoms with Crippen LogP contribution in [-0.2, 0) is 6.61 Å².